The number of nitrogens with zero attached hydrogens (tertiary/aromatic N) is 1. The highest BCUT2D eigenvalue weighted by Crippen LogP contribution is 2.17. The predicted molar refractivity (Wildman–Crippen MR) is 93.4 cm³/mol. The minimum Gasteiger partial charge on any atom is -0.435 e. The summed E-state index contributed by atoms with van der Waals surface area (Å²) in [5.41, 5.74) is 0.969. The van der Waals surface area contributed by atoms with Gasteiger partial charge < -0.3 is 14.6 Å². The second-order valence-electron chi connectivity index (χ2n) is 5.78. The number of amides is 1. The average Bonchev–Trinajstić information content (AvgIpc) is 2.61. The molecule has 0 bridgehead atoms. The van der Waals surface area contributed by atoms with E-state index in [1.165, 1.54) is 17.0 Å². The molecule has 0 spiro atoms. The number of carbonyl (C=O) groups is 1. The summed E-state index contributed by atoms with van der Waals surface area (Å²) in [4.78, 5) is 28.9. The first-order valence-corrected chi connectivity index (χ1v) is 7.85. The summed E-state index contributed by atoms with van der Waals surface area (Å²) in [6.45, 7) is -2.66. The average molecular weight is 358 g/mol. The van der Waals surface area contributed by atoms with Crippen LogP contribution in [0.15, 0.2) is 59.4 Å². The molecule has 1 N–H and O–H groups in total. The fourth-order valence-corrected chi connectivity index (χ4v) is 2.63. The molecule has 0 radical (unpaired) electrons. The van der Waals surface area contributed by atoms with Gasteiger partial charge >= 0.3 is 6.61 Å². The minimum atomic E-state index is -2.88. The first-order valence-electron chi connectivity index (χ1n) is 7.85. The normalized spacial score (nSPS) is 10.9. The zero-order valence-electron chi connectivity index (χ0n) is 13.9. The van der Waals surface area contributed by atoms with Gasteiger partial charge in [0, 0.05) is 19.1 Å². The lowest BCUT2D eigenvalue weighted by Crippen LogP contribution is -2.31. The summed E-state index contributed by atoms with van der Waals surface area (Å²) in [6.07, 6.45) is 0. The maximum Gasteiger partial charge on any atom is 0.387 e. The van der Waals surface area contributed by atoms with Crippen molar-refractivity contribution in [2.24, 2.45) is 0 Å². The van der Waals surface area contributed by atoms with Crippen LogP contribution in [0, 0.1) is 0 Å². The third-order valence-electron chi connectivity index (χ3n) is 3.90. The molecule has 0 aliphatic carbocycles. The van der Waals surface area contributed by atoms with Crippen LogP contribution in [-0.4, -0.2) is 29.5 Å². The van der Waals surface area contributed by atoms with E-state index < -0.39 is 18.1 Å². The van der Waals surface area contributed by atoms with Crippen LogP contribution in [0.1, 0.15) is 15.9 Å². The van der Waals surface area contributed by atoms with Crippen molar-refractivity contribution in [3.8, 4) is 5.75 Å². The van der Waals surface area contributed by atoms with E-state index in [1.54, 1.807) is 37.4 Å². The zero-order valence-corrected chi connectivity index (χ0v) is 13.9. The van der Waals surface area contributed by atoms with E-state index >= 15 is 0 Å². The second-order valence-corrected chi connectivity index (χ2v) is 5.78. The fourth-order valence-electron chi connectivity index (χ4n) is 2.63. The van der Waals surface area contributed by atoms with Gasteiger partial charge in [0.1, 0.15) is 11.3 Å². The molecule has 3 rings (SSSR count). The van der Waals surface area contributed by atoms with Crippen LogP contribution in [0.5, 0.6) is 5.75 Å². The van der Waals surface area contributed by atoms with Crippen molar-refractivity contribution in [2.75, 3.05) is 7.05 Å². The third-order valence-corrected chi connectivity index (χ3v) is 3.90. The number of fused-ring (bicyclic) bond motifs is 1. The maximum absolute atomic E-state index is 12.6. The van der Waals surface area contributed by atoms with Gasteiger partial charge in [-0.25, -0.2) is 0 Å². The Morgan fingerprint density at radius 1 is 1.15 bits per heavy atom. The van der Waals surface area contributed by atoms with Crippen LogP contribution in [0.3, 0.4) is 0 Å². The lowest BCUT2D eigenvalue weighted by atomic mass is 10.1. The number of aromatic nitrogens is 1. The Hall–Kier alpha value is -3.22. The molecule has 1 heterocycles. The van der Waals surface area contributed by atoms with Crippen molar-refractivity contribution in [2.45, 2.75) is 13.2 Å². The molecule has 1 amide bonds. The molecule has 1 aromatic heterocycles. The smallest absolute Gasteiger partial charge is 0.387 e. The van der Waals surface area contributed by atoms with E-state index in [4.69, 9.17) is 0 Å². The van der Waals surface area contributed by atoms with Gasteiger partial charge in [-0.1, -0.05) is 30.3 Å². The van der Waals surface area contributed by atoms with Gasteiger partial charge in [0.25, 0.3) is 11.5 Å². The molecule has 7 heteroatoms. The van der Waals surface area contributed by atoms with Crippen LogP contribution < -0.4 is 10.3 Å². The van der Waals surface area contributed by atoms with E-state index in [0.717, 1.165) is 10.9 Å². The first-order chi connectivity index (χ1) is 12.4. The Bertz CT molecular complexity index is 984. The molecule has 26 heavy (non-hydrogen) atoms. The number of rotatable bonds is 5. The van der Waals surface area contributed by atoms with Crippen molar-refractivity contribution in [1.82, 2.24) is 9.88 Å². The Morgan fingerprint density at radius 3 is 2.54 bits per heavy atom. The van der Waals surface area contributed by atoms with Crippen molar-refractivity contribution in [3.05, 3.63) is 76.1 Å². The monoisotopic (exact) mass is 358 g/mol. The molecule has 2 aromatic carbocycles. The number of aromatic amines is 1. The largest absolute Gasteiger partial charge is 0.435 e. The van der Waals surface area contributed by atoms with Gasteiger partial charge in [-0.3, -0.25) is 9.59 Å². The molecule has 0 saturated carbocycles. The van der Waals surface area contributed by atoms with E-state index in [1.807, 2.05) is 12.1 Å². The van der Waals surface area contributed by atoms with E-state index in [9.17, 15) is 18.4 Å². The summed E-state index contributed by atoms with van der Waals surface area (Å²) in [6, 6.07) is 14.7. The summed E-state index contributed by atoms with van der Waals surface area (Å²) in [5.74, 6) is -0.381. The quantitative estimate of drug-likeness (QED) is 0.760. The Morgan fingerprint density at radius 2 is 1.85 bits per heavy atom. The highest BCUT2D eigenvalue weighted by atomic mass is 19.3. The minimum absolute atomic E-state index is 0.0451. The van der Waals surface area contributed by atoms with Crippen molar-refractivity contribution in [3.63, 3.8) is 0 Å². The Labute approximate surface area is 147 Å². The second kappa shape index (κ2) is 7.35. The first kappa shape index (κ1) is 17.6. The van der Waals surface area contributed by atoms with Gasteiger partial charge in [0.2, 0.25) is 0 Å². The molecule has 0 saturated heterocycles. The van der Waals surface area contributed by atoms with Crippen molar-refractivity contribution in [1.29, 1.82) is 0 Å². The SMILES string of the molecule is CN(Cc1ccc(OC(F)F)cc1)C(=O)c1cc2ccccc2[nH]c1=O. The molecule has 0 atom stereocenters. The Kier molecular flexibility index (Phi) is 4.97. The summed E-state index contributed by atoms with van der Waals surface area (Å²) in [5, 5.41) is 0.761. The van der Waals surface area contributed by atoms with Gasteiger partial charge in [-0.15, -0.1) is 0 Å². The van der Waals surface area contributed by atoms with Crippen LogP contribution in [0.25, 0.3) is 10.9 Å². The van der Waals surface area contributed by atoms with Crippen molar-refractivity contribution >= 4 is 16.8 Å². The number of alkyl halides is 2. The van der Waals surface area contributed by atoms with Crippen molar-refractivity contribution < 1.29 is 18.3 Å². The van der Waals surface area contributed by atoms with E-state index in [0.29, 0.717) is 5.52 Å². The van der Waals surface area contributed by atoms with Crippen LogP contribution in [0.4, 0.5) is 8.78 Å². The molecule has 0 fully saturated rings. The number of nitrogens with one attached hydrogen (secondary N) is 1. The molecule has 3 aromatic rings. The molecule has 134 valence electrons. The number of hydrogen-bond acceptors (Lipinski definition) is 3. The number of pyridine rings is 1. The number of H-pyrrole nitrogens is 1. The fraction of sp³-hybridized carbons (Fsp3) is 0.158. The highest BCUT2D eigenvalue weighted by molar-refractivity contribution is 5.97. The standard InChI is InChI=1S/C19H16F2N2O3/c1-23(11-12-6-8-14(9-7-12)26-19(20)21)18(25)15-10-13-4-2-3-5-16(13)22-17(15)24/h2-10,19H,11H2,1H3,(H,22,24). The molecule has 0 aliphatic rings. The summed E-state index contributed by atoms with van der Waals surface area (Å²) >= 11 is 0. The highest BCUT2D eigenvalue weighted by Gasteiger charge is 2.16. The van der Waals surface area contributed by atoms with E-state index in [2.05, 4.69) is 9.72 Å². The maximum atomic E-state index is 12.6. The number of para-hydroxylation sites is 1. The molecule has 0 aliphatic heterocycles. The lowest BCUT2D eigenvalue weighted by Gasteiger charge is -2.17. The van der Waals surface area contributed by atoms with Crippen LogP contribution >= 0.6 is 0 Å². The zero-order chi connectivity index (χ0) is 18.7. The number of halogens is 2. The van der Waals surface area contributed by atoms with Gasteiger partial charge in [-0.05, 0) is 35.2 Å². The van der Waals surface area contributed by atoms with Crippen LogP contribution in [-0.2, 0) is 6.54 Å². The molecule has 0 unspecified atom stereocenters. The van der Waals surface area contributed by atoms with Gasteiger partial charge in [-0.2, -0.15) is 8.78 Å². The van der Waals surface area contributed by atoms with Gasteiger partial charge in [0.15, 0.2) is 0 Å². The number of ether oxygens (including phenoxy) is 1. The van der Waals surface area contributed by atoms with Gasteiger partial charge in [0.05, 0.1) is 0 Å². The third kappa shape index (κ3) is 3.88. The topological polar surface area (TPSA) is 62.4 Å². The van der Waals surface area contributed by atoms with E-state index in [-0.39, 0.29) is 17.9 Å². The van der Waals surface area contributed by atoms with Crippen LogP contribution in [0.2, 0.25) is 0 Å². The summed E-state index contributed by atoms with van der Waals surface area (Å²) < 4.78 is 28.6. The Balaban J connectivity index is 1.77. The number of benzene rings is 2. The molecule has 5 nitrogen and oxygen atoms in total. The summed E-state index contributed by atoms with van der Waals surface area (Å²) in [7, 11) is 1.57. The number of carbonyl (C=O) groups excluding carboxylic acids is 1. The molecular weight excluding hydrogens is 342 g/mol. The predicted octanol–water partition coefficient (Wildman–Crippen LogP) is 3.40. The molecular formula is C19H16F2N2O3. The lowest BCUT2D eigenvalue weighted by molar-refractivity contribution is -0.0498. The number of hydrogen-bond donors (Lipinski definition) is 1.